The fourth-order valence-electron chi connectivity index (χ4n) is 3.74. The van der Waals surface area contributed by atoms with Crippen LogP contribution in [0.1, 0.15) is 38.7 Å². The molecule has 2 fully saturated rings. The quantitative estimate of drug-likeness (QED) is 0.923. The third kappa shape index (κ3) is 3.38. The number of piperazine rings is 1. The Bertz CT molecular complexity index is 462. The first-order chi connectivity index (χ1) is 10.3. The summed E-state index contributed by atoms with van der Waals surface area (Å²) in [6.07, 6.45) is 6.04. The van der Waals surface area contributed by atoms with Gasteiger partial charge in [0.15, 0.2) is 0 Å². The SMILES string of the molecule is CCNc1ncccc1CN1CC2CCCCN2CC1C. The molecule has 0 amide bonds. The molecule has 2 aliphatic heterocycles. The van der Waals surface area contributed by atoms with Gasteiger partial charge in [-0.1, -0.05) is 12.5 Å². The van der Waals surface area contributed by atoms with Crippen molar-refractivity contribution >= 4 is 5.82 Å². The minimum atomic E-state index is 0.633. The number of aromatic nitrogens is 1. The number of fused-ring (bicyclic) bond motifs is 1. The first kappa shape index (κ1) is 14.8. The number of rotatable bonds is 4. The van der Waals surface area contributed by atoms with E-state index in [-0.39, 0.29) is 0 Å². The summed E-state index contributed by atoms with van der Waals surface area (Å²) >= 11 is 0. The third-order valence-corrected chi connectivity index (χ3v) is 4.93. The van der Waals surface area contributed by atoms with Crippen LogP contribution in [-0.2, 0) is 6.54 Å². The Morgan fingerprint density at radius 2 is 2.24 bits per heavy atom. The first-order valence-corrected chi connectivity index (χ1v) is 8.43. The molecule has 0 aromatic carbocycles. The minimum Gasteiger partial charge on any atom is -0.370 e. The number of hydrogen-bond acceptors (Lipinski definition) is 4. The van der Waals surface area contributed by atoms with Crippen LogP contribution in [0.3, 0.4) is 0 Å². The van der Waals surface area contributed by atoms with Crippen molar-refractivity contribution in [2.24, 2.45) is 0 Å². The molecule has 1 N–H and O–H groups in total. The predicted octanol–water partition coefficient (Wildman–Crippen LogP) is 2.57. The smallest absolute Gasteiger partial charge is 0.130 e. The van der Waals surface area contributed by atoms with E-state index in [1.54, 1.807) is 0 Å². The van der Waals surface area contributed by atoms with E-state index in [0.29, 0.717) is 6.04 Å². The normalized spacial score (nSPS) is 27.3. The Morgan fingerprint density at radius 1 is 1.33 bits per heavy atom. The highest BCUT2D eigenvalue weighted by Crippen LogP contribution is 2.26. The average Bonchev–Trinajstić information content (AvgIpc) is 2.50. The van der Waals surface area contributed by atoms with Crippen molar-refractivity contribution in [1.82, 2.24) is 14.8 Å². The maximum Gasteiger partial charge on any atom is 0.130 e. The van der Waals surface area contributed by atoms with Gasteiger partial charge in [0.2, 0.25) is 0 Å². The fourth-order valence-corrected chi connectivity index (χ4v) is 3.74. The molecule has 0 bridgehead atoms. The molecule has 2 saturated heterocycles. The van der Waals surface area contributed by atoms with Gasteiger partial charge in [-0.3, -0.25) is 9.80 Å². The molecule has 0 spiro atoms. The first-order valence-electron chi connectivity index (χ1n) is 8.43. The molecule has 2 aliphatic rings. The van der Waals surface area contributed by atoms with Crippen LogP contribution in [0.25, 0.3) is 0 Å². The molecule has 4 nitrogen and oxygen atoms in total. The lowest BCUT2D eigenvalue weighted by atomic mass is 9.97. The van der Waals surface area contributed by atoms with E-state index in [9.17, 15) is 0 Å². The van der Waals surface area contributed by atoms with Crippen LogP contribution in [0.2, 0.25) is 0 Å². The fraction of sp³-hybridized carbons (Fsp3) is 0.706. The number of pyridine rings is 1. The molecule has 3 rings (SSSR count). The van der Waals surface area contributed by atoms with E-state index >= 15 is 0 Å². The molecule has 0 aliphatic carbocycles. The van der Waals surface area contributed by atoms with Gasteiger partial charge in [0.05, 0.1) is 0 Å². The van der Waals surface area contributed by atoms with Gasteiger partial charge in [-0.25, -0.2) is 4.98 Å². The van der Waals surface area contributed by atoms with E-state index in [1.165, 1.54) is 44.5 Å². The van der Waals surface area contributed by atoms with Crippen molar-refractivity contribution in [3.8, 4) is 0 Å². The predicted molar refractivity (Wildman–Crippen MR) is 87.5 cm³/mol. The molecule has 116 valence electrons. The van der Waals surface area contributed by atoms with Crippen molar-refractivity contribution in [2.45, 2.75) is 51.7 Å². The van der Waals surface area contributed by atoms with E-state index in [2.05, 4.69) is 46.1 Å². The van der Waals surface area contributed by atoms with E-state index in [4.69, 9.17) is 0 Å². The van der Waals surface area contributed by atoms with Gasteiger partial charge in [0, 0.05) is 50.0 Å². The maximum atomic E-state index is 4.49. The lowest BCUT2D eigenvalue weighted by Crippen LogP contribution is -2.58. The summed E-state index contributed by atoms with van der Waals surface area (Å²) in [6, 6.07) is 5.67. The maximum absolute atomic E-state index is 4.49. The molecule has 4 heteroatoms. The Morgan fingerprint density at radius 3 is 3.10 bits per heavy atom. The molecule has 1 aromatic rings. The molecule has 0 radical (unpaired) electrons. The number of nitrogens with one attached hydrogen (secondary N) is 1. The molecule has 3 heterocycles. The van der Waals surface area contributed by atoms with E-state index in [1.807, 2.05) is 6.20 Å². The molecular weight excluding hydrogens is 260 g/mol. The van der Waals surface area contributed by atoms with Crippen LogP contribution >= 0.6 is 0 Å². The van der Waals surface area contributed by atoms with Crippen molar-refractivity contribution in [1.29, 1.82) is 0 Å². The standard InChI is InChI=1S/C17H28N4/c1-3-18-17-15(7-6-9-19-17)12-21-13-16-8-4-5-10-20(16)11-14(21)2/h6-7,9,14,16H,3-5,8,10-13H2,1-2H3,(H,18,19). The zero-order valence-electron chi connectivity index (χ0n) is 13.4. The van der Waals surface area contributed by atoms with Gasteiger partial charge in [-0.15, -0.1) is 0 Å². The summed E-state index contributed by atoms with van der Waals surface area (Å²) in [5.41, 5.74) is 1.33. The van der Waals surface area contributed by atoms with Crippen molar-refractivity contribution < 1.29 is 0 Å². The van der Waals surface area contributed by atoms with Gasteiger partial charge in [-0.05, 0) is 39.3 Å². The van der Waals surface area contributed by atoms with Crippen LogP contribution in [-0.4, -0.2) is 53.0 Å². The zero-order valence-corrected chi connectivity index (χ0v) is 13.4. The lowest BCUT2D eigenvalue weighted by molar-refractivity contribution is 0.0111. The molecule has 21 heavy (non-hydrogen) atoms. The van der Waals surface area contributed by atoms with Gasteiger partial charge in [0.1, 0.15) is 5.82 Å². The number of anilines is 1. The van der Waals surface area contributed by atoms with Crippen molar-refractivity contribution in [3.05, 3.63) is 23.9 Å². The number of piperidine rings is 1. The summed E-state index contributed by atoms with van der Waals surface area (Å²) in [4.78, 5) is 9.84. The topological polar surface area (TPSA) is 31.4 Å². The highest BCUT2D eigenvalue weighted by molar-refractivity contribution is 5.43. The van der Waals surface area contributed by atoms with Crippen LogP contribution in [0, 0.1) is 0 Å². The van der Waals surface area contributed by atoms with Gasteiger partial charge in [0.25, 0.3) is 0 Å². The van der Waals surface area contributed by atoms with Gasteiger partial charge >= 0.3 is 0 Å². The molecule has 1 aromatic heterocycles. The summed E-state index contributed by atoms with van der Waals surface area (Å²) in [6.45, 7) is 10.2. The Labute approximate surface area is 128 Å². The average molecular weight is 288 g/mol. The van der Waals surface area contributed by atoms with Crippen LogP contribution in [0.4, 0.5) is 5.82 Å². The Balaban J connectivity index is 1.69. The highest BCUT2D eigenvalue weighted by atomic mass is 15.3. The molecule has 0 saturated carbocycles. The second kappa shape index (κ2) is 6.75. The lowest BCUT2D eigenvalue weighted by Gasteiger charge is -2.47. The Hall–Kier alpha value is -1.13. The molecule has 2 unspecified atom stereocenters. The summed E-state index contributed by atoms with van der Waals surface area (Å²) < 4.78 is 0. The highest BCUT2D eigenvalue weighted by Gasteiger charge is 2.32. The van der Waals surface area contributed by atoms with E-state index in [0.717, 1.165) is 24.9 Å². The van der Waals surface area contributed by atoms with Crippen LogP contribution in [0.15, 0.2) is 18.3 Å². The summed E-state index contributed by atoms with van der Waals surface area (Å²) in [7, 11) is 0. The van der Waals surface area contributed by atoms with Crippen molar-refractivity contribution in [3.63, 3.8) is 0 Å². The molecular formula is C17H28N4. The van der Waals surface area contributed by atoms with Crippen LogP contribution < -0.4 is 5.32 Å². The Kier molecular flexibility index (Phi) is 4.76. The summed E-state index contributed by atoms with van der Waals surface area (Å²) in [5, 5.41) is 3.39. The van der Waals surface area contributed by atoms with Crippen LogP contribution in [0.5, 0.6) is 0 Å². The van der Waals surface area contributed by atoms with Crippen molar-refractivity contribution in [2.75, 3.05) is 31.5 Å². The number of hydrogen-bond donors (Lipinski definition) is 1. The monoisotopic (exact) mass is 288 g/mol. The second-order valence-corrected chi connectivity index (χ2v) is 6.46. The van der Waals surface area contributed by atoms with Gasteiger partial charge < -0.3 is 5.32 Å². The third-order valence-electron chi connectivity index (χ3n) is 4.93. The summed E-state index contributed by atoms with van der Waals surface area (Å²) in [5.74, 6) is 1.05. The van der Waals surface area contributed by atoms with Gasteiger partial charge in [-0.2, -0.15) is 0 Å². The molecule has 2 atom stereocenters. The minimum absolute atomic E-state index is 0.633. The number of nitrogens with zero attached hydrogens (tertiary/aromatic N) is 3. The second-order valence-electron chi connectivity index (χ2n) is 6.46. The van der Waals surface area contributed by atoms with E-state index < -0.39 is 0 Å². The largest absolute Gasteiger partial charge is 0.370 e. The zero-order chi connectivity index (χ0) is 14.7.